The number of esters is 1. The molecule has 27 heavy (non-hydrogen) atoms. The van der Waals surface area contributed by atoms with E-state index in [-0.39, 0.29) is 18.0 Å². The van der Waals surface area contributed by atoms with Crippen molar-refractivity contribution in [1.82, 2.24) is 0 Å². The molecule has 142 valence electrons. The van der Waals surface area contributed by atoms with E-state index in [1.807, 2.05) is 44.2 Å². The number of hydrogen-bond donors (Lipinski definition) is 1. The van der Waals surface area contributed by atoms with Crippen molar-refractivity contribution in [3.63, 3.8) is 0 Å². The second-order valence-electron chi connectivity index (χ2n) is 7.24. The van der Waals surface area contributed by atoms with E-state index in [1.165, 1.54) is 22.3 Å². The molecule has 5 heteroatoms. The Morgan fingerprint density at radius 2 is 2.00 bits per heavy atom. The van der Waals surface area contributed by atoms with Crippen LogP contribution in [0, 0.1) is 5.92 Å². The van der Waals surface area contributed by atoms with Crippen molar-refractivity contribution in [2.45, 2.75) is 46.1 Å². The quantitative estimate of drug-likeness (QED) is 0.578. The molecular weight excluding hydrogens is 358 g/mol. The molecule has 0 fully saturated rings. The first-order valence-corrected chi connectivity index (χ1v) is 10.1. The number of hydrogen-bond acceptors (Lipinski definition) is 4. The maximum Gasteiger partial charge on any atom is 0.341 e. The molecule has 1 aliphatic carbocycles. The van der Waals surface area contributed by atoms with Crippen molar-refractivity contribution in [2.75, 3.05) is 5.32 Å². The normalized spacial score (nSPS) is 16.4. The van der Waals surface area contributed by atoms with Crippen LogP contribution < -0.4 is 5.32 Å². The number of amides is 1. The van der Waals surface area contributed by atoms with Crippen LogP contribution in [0.5, 0.6) is 0 Å². The van der Waals surface area contributed by atoms with E-state index in [2.05, 4.69) is 12.2 Å². The highest BCUT2D eigenvalue weighted by molar-refractivity contribution is 7.17. The number of carbonyl (C=O) groups is 2. The van der Waals surface area contributed by atoms with Gasteiger partial charge in [-0.05, 0) is 56.2 Å². The van der Waals surface area contributed by atoms with Crippen LogP contribution in [0.4, 0.5) is 5.00 Å². The summed E-state index contributed by atoms with van der Waals surface area (Å²) in [4.78, 5) is 26.3. The molecule has 1 amide bonds. The first-order valence-electron chi connectivity index (χ1n) is 9.33. The molecule has 4 nitrogen and oxygen atoms in total. The van der Waals surface area contributed by atoms with Gasteiger partial charge in [-0.2, -0.15) is 0 Å². The largest absolute Gasteiger partial charge is 0.459 e. The van der Waals surface area contributed by atoms with Gasteiger partial charge in [0.2, 0.25) is 5.91 Å². The van der Waals surface area contributed by atoms with Crippen molar-refractivity contribution in [3.05, 3.63) is 58.0 Å². The zero-order valence-electron chi connectivity index (χ0n) is 16.0. The fourth-order valence-corrected chi connectivity index (χ4v) is 4.62. The third kappa shape index (κ3) is 4.86. The maximum absolute atomic E-state index is 12.7. The molecule has 1 unspecified atom stereocenters. The molecule has 1 N–H and O–H groups in total. The molecule has 1 aromatic heterocycles. The van der Waals surface area contributed by atoms with Crippen molar-refractivity contribution in [1.29, 1.82) is 0 Å². The van der Waals surface area contributed by atoms with Crippen LogP contribution >= 0.6 is 11.3 Å². The smallest absolute Gasteiger partial charge is 0.341 e. The van der Waals surface area contributed by atoms with Gasteiger partial charge >= 0.3 is 5.97 Å². The van der Waals surface area contributed by atoms with E-state index >= 15 is 0 Å². The molecule has 1 heterocycles. The Hall–Kier alpha value is -2.40. The summed E-state index contributed by atoms with van der Waals surface area (Å²) in [6.07, 6.45) is 5.90. The lowest BCUT2D eigenvalue weighted by molar-refractivity contribution is -0.111. The van der Waals surface area contributed by atoms with Gasteiger partial charge in [-0.15, -0.1) is 11.3 Å². The Balaban J connectivity index is 1.84. The van der Waals surface area contributed by atoms with Gasteiger partial charge < -0.3 is 10.1 Å². The molecule has 0 radical (unpaired) electrons. The molecule has 0 saturated carbocycles. The Kier molecular flexibility index (Phi) is 6.11. The van der Waals surface area contributed by atoms with E-state index in [9.17, 15) is 9.59 Å². The summed E-state index contributed by atoms with van der Waals surface area (Å²) >= 11 is 1.50. The number of anilines is 1. The number of rotatable bonds is 5. The molecule has 2 aromatic rings. The van der Waals surface area contributed by atoms with Crippen LogP contribution in [0.2, 0.25) is 0 Å². The lowest BCUT2D eigenvalue weighted by atomic mass is 9.88. The van der Waals surface area contributed by atoms with Gasteiger partial charge in [-0.1, -0.05) is 37.3 Å². The second-order valence-corrected chi connectivity index (χ2v) is 8.35. The number of thiophene rings is 1. The number of carbonyl (C=O) groups excluding carboxylic acids is 2. The number of fused-ring (bicyclic) bond motifs is 1. The average Bonchev–Trinajstić information content (AvgIpc) is 2.97. The van der Waals surface area contributed by atoms with Gasteiger partial charge in [0.1, 0.15) is 5.00 Å². The van der Waals surface area contributed by atoms with Gasteiger partial charge in [-0.3, -0.25) is 4.79 Å². The molecule has 1 aromatic carbocycles. The Bertz CT molecular complexity index is 852. The molecule has 0 saturated heterocycles. The lowest BCUT2D eigenvalue weighted by Gasteiger charge is -2.18. The van der Waals surface area contributed by atoms with Crippen LogP contribution in [0.25, 0.3) is 6.08 Å². The van der Waals surface area contributed by atoms with Crippen LogP contribution in [0.1, 0.15) is 53.6 Å². The summed E-state index contributed by atoms with van der Waals surface area (Å²) in [6.45, 7) is 5.88. The van der Waals surface area contributed by atoms with Crippen LogP contribution in [0.3, 0.4) is 0 Å². The fraction of sp³-hybridized carbons (Fsp3) is 0.364. The first kappa shape index (κ1) is 19.4. The minimum absolute atomic E-state index is 0.197. The van der Waals surface area contributed by atoms with Crippen molar-refractivity contribution < 1.29 is 14.3 Å². The predicted octanol–water partition coefficient (Wildman–Crippen LogP) is 5.09. The summed E-state index contributed by atoms with van der Waals surface area (Å²) in [5.74, 6) is -0.00451. The van der Waals surface area contributed by atoms with Gasteiger partial charge in [0.15, 0.2) is 0 Å². The zero-order chi connectivity index (χ0) is 19.4. The minimum Gasteiger partial charge on any atom is -0.459 e. The number of benzene rings is 1. The summed E-state index contributed by atoms with van der Waals surface area (Å²) in [7, 11) is 0. The standard InChI is InChI=1S/C22H25NO3S/c1-14(2)26-22(25)20-17-11-9-15(3)13-18(17)27-21(20)23-19(24)12-10-16-7-5-4-6-8-16/h4-8,10,12,14-15H,9,11,13H2,1-3H3,(H,23,24)/b12-10+. The van der Waals surface area contributed by atoms with E-state index in [0.717, 1.165) is 30.4 Å². The molecule has 1 atom stereocenters. The van der Waals surface area contributed by atoms with Gasteiger partial charge in [-0.25, -0.2) is 4.79 Å². The fourth-order valence-electron chi connectivity index (χ4n) is 3.22. The average molecular weight is 384 g/mol. The summed E-state index contributed by atoms with van der Waals surface area (Å²) in [5, 5.41) is 3.50. The molecule has 1 aliphatic rings. The highest BCUT2D eigenvalue weighted by atomic mass is 32.1. The first-order chi connectivity index (χ1) is 12.9. The van der Waals surface area contributed by atoms with Gasteiger partial charge in [0.05, 0.1) is 11.7 Å². The number of nitrogens with one attached hydrogen (secondary N) is 1. The van der Waals surface area contributed by atoms with Crippen molar-refractivity contribution >= 4 is 34.3 Å². The van der Waals surface area contributed by atoms with E-state index < -0.39 is 0 Å². The minimum atomic E-state index is -0.348. The molecule has 0 spiro atoms. The topological polar surface area (TPSA) is 55.4 Å². The predicted molar refractivity (Wildman–Crippen MR) is 110 cm³/mol. The van der Waals surface area contributed by atoms with Gasteiger partial charge in [0, 0.05) is 11.0 Å². The summed E-state index contributed by atoms with van der Waals surface area (Å²) in [5.41, 5.74) is 2.54. The van der Waals surface area contributed by atoms with Crippen molar-refractivity contribution in [3.8, 4) is 0 Å². The van der Waals surface area contributed by atoms with E-state index in [1.54, 1.807) is 6.08 Å². The maximum atomic E-state index is 12.7. The highest BCUT2D eigenvalue weighted by Crippen LogP contribution is 2.40. The van der Waals surface area contributed by atoms with E-state index in [0.29, 0.717) is 16.5 Å². The third-order valence-electron chi connectivity index (χ3n) is 4.52. The monoisotopic (exact) mass is 383 g/mol. The molecule has 3 rings (SSSR count). The summed E-state index contributed by atoms with van der Waals surface area (Å²) < 4.78 is 5.44. The van der Waals surface area contributed by atoms with Gasteiger partial charge in [0.25, 0.3) is 0 Å². The SMILES string of the molecule is CC1CCc2c(sc(NC(=O)/C=C/c3ccccc3)c2C(=O)OC(C)C)C1. The molecule has 0 aliphatic heterocycles. The van der Waals surface area contributed by atoms with Crippen molar-refractivity contribution in [2.24, 2.45) is 5.92 Å². The van der Waals surface area contributed by atoms with Crippen LogP contribution in [-0.4, -0.2) is 18.0 Å². The molecular formula is C22H25NO3S. The third-order valence-corrected chi connectivity index (χ3v) is 5.69. The Labute approximate surface area is 164 Å². The second kappa shape index (κ2) is 8.53. The lowest BCUT2D eigenvalue weighted by Crippen LogP contribution is -2.18. The Morgan fingerprint density at radius 1 is 1.26 bits per heavy atom. The van der Waals surface area contributed by atoms with E-state index in [4.69, 9.17) is 4.74 Å². The Morgan fingerprint density at radius 3 is 2.70 bits per heavy atom. The van der Waals surface area contributed by atoms with Crippen LogP contribution in [-0.2, 0) is 22.4 Å². The molecule has 0 bridgehead atoms. The highest BCUT2D eigenvalue weighted by Gasteiger charge is 2.29. The summed E-state index contributed by atoms with van der Waals surface area (Å²) in [6, 6.07) is 9.64. The van der Waals surface area contributed by atoms with Crippen LogP contribution in [0.15, 0.2) is 36.4 Å². The number of ether oxygens (including phenoxy) is 1. The zero-order valence-corrected chi connectivity index (χ0v) is 16.8.